The number of carbonyl (C=O) groups is 1. The molecule has 0 spiro atoms. The second-order valence-corrected chi connectivity index (χ2v) is 5.17. The zero-order chi connectivity index (χ0) is 11.3. The molecule has 0 bridgehead atoms. The molecule has 0 aromatic rings. The number of allylic oxidation sites excluding steroid dienone is 1. The highest BCUT2D eigenvalue weighted by Gasteiger charge is 2.21. The Morgan fingerprint density at radius 3 is 2.73 bits per heavy atom. The van der Waals surface area contributed by atoms with Gasteiger partial charge in [0.25, 0.3) is 0 Å². The molecular formula is C11H20N2OS. The number of Topliss-reactive ketones (excluding diaryl/α,β-unsaturated/α-hetero) is 1. The molecule has 0 aliphatic carbocycles. The van der Waals surface area contributed by atoms with E-state index in [0.717, 1.165) is 24.6 Å². The maximum atomic E-state index is 11.7. The molecule has 1 rings (SSSR count). The third kappa shape index (κ3) is 3.97. The van der Waals surface area contributed by atoms with Crippen LogP contribution in [0, 0.1) is 5.92 Å². The SMILES string of the molecule is C=CC(C)C(=O)C(N)CN1CCSCC1. The fourth-order valence-electron chi connectivity index (χ4n) is 1.61. The van der Waals surface area contributed by atoms with Crippen LogP contribution in [-0.4, -0.2) is 47.9 Å². The summed E-state index contributed by atoms with van der Waals surface area (Å²) in [6, 6.07) is -0.360. The number of hydrogen-bond acceptors (Lipinski definition) is 4. The maximum absolute atomic E-state index is 11.7. The summed E-state index contributed by atoms with van der Waals surface area (Å²) in [7, 11) is 0. The quantitative estimate of drug-likeness (QED) is 0.706. The van der Waals surface area contributed by atoms with Gasteiger partial charge in [0.15, 0.2) is 5.78 Å². The average Bonchev–Trinajstić information content (AvgIpc) is 2.28. The van der Waals surface area contributed by atoms with E-state index in [1.165, 1.54) is 0 Å². The molecule has 0 saturated carbocycles. The van der Waals surface area contributed by atoms with Gasteiger partial charge in [-0.05, 0) is 0 Å². The highest BCUT2D eigenvalue weighted by molar-refractivity contribution is 7.99. The number of ketones is 1. The summed E-state index contributed by atoms with van der Waals surface area (Å²) in [4.78, 5) is 14.0. The lowest BCUT2D eigenvalue weighted by Crippen LogP contribution is -2.46. The molecule has 1 aliphatic rings. The van der Waals surface area contributed by atoms with Gasteiger partial charge in [-0.2, -0.15) is 11.8 Å². The maximum Gasteiger partial charge on any atom is 0.157 e. The molecule has 1 fully saturated rings. The van der Waals surface area contributed by atoms with E-state index in [9.17, 15) is 4.79 Å². The second-order valence-electron chi connectivity index (χ2n) is 3.95. The Labute approximate surface area is 96.1 Å². The largest absolute Gasteiger partial charge is 0.320 e. The van der Waals surface area contributed by atoms with Crippen LogP contribution in [0.25, 0.3) is 0 Å². The van der Waals surface area contributed by atoms with Crippen molar-refractivity contribution in [3.63, 3.8) is 0 Å². The Morgan fingerprint density at radius 1 is 1.60 bits per heavy atom. The molecule has 2 N–H and O–H groups in total. The lowest BCUT2D eigenvalue weighted by atomic mass is 10.0. The Balaban J connectivity index is 2.36. The van der Waals surface area contributed by atoms with Crippen molar-refractivity contribution in [3.05, 3.63) is 12.7 Å². The third-order valence-electron chi connectivity index (χ3n) is 2.73. The van der Waals surface area contributed by atoms with Crippen LogP contribution in [0.2, 0.25) is 0 Å². The monoisotopic (exact) mass is 228 g/mol. The third-order valence-corrected chi connectivity index (χ3v) is 3.67. The number of hydrogen-bond donors (Lipinski definition) is 1. The topological polar surface area (TPSA) is 46.3 Å². The first-order valence-corrected chi connectivity index (χ1v) is 6.52. The van der Waals surface area contributed by atoms with Gasteiger partial charge in [0.1, 0.15) is 0 Å². The van der Waals surface area contributed by atoms with Gasteiger partial charge in [-0.3, -0.25) is 9.69 Å². The fraction of sp³-hybridized carbons (Fsp3) is 0.727. The molecule has 2 unspecified atom stereocenters. The molecule has 1 saturated heterocycles. The summed E-state index contributed by atoms with van der Waals surface area (Å²) in [5, 5.41) is 0. The lowest BCUT2D eigenvalue weighted by Gasteiger charge is -2.28. The highest BCUT2D eigenvalue weighted by atomic mass is 32.2. The van der Waals surface area contributed by atoms with Crippen LogP contribution in [0.15, 0.2) is 12.7 Å². The van der Waals surface area contributed by atoms with E-state index in [1.54, 1.807) is 6.08 Å². The van der Waals surface area contributed by atoms with E-state index in [4.69, 9.17) is 5.73 Å². The van der Waals surface area contributed by atoms with Gasteiger partial charge in [-0.1, -0.05) is 13.0 Å². The van der Waals surface area contributed by atoms with Crippen LogP contribution in [0.5, 0.6) is 0 Å². The zero-order valence-corrected chi connectivity index (χ0v) is 10.1. The van der Waals surface area contributed by atoms with Crippen molar-refractivity contribution in [2.45, 2.75) is 13.0 Å². The van der Waals surface area contributed by atoms with Crippen LogP contribution in [0.3, 0.4) is 0 Å². The van der Waals surface area contributed by atoms with Gasteiger partial charge in [0.2, 0.25) is 0 Å². The van der Waals surface area contributed by atoms with Crippen LogP contribution in [0.1, 0.15) is 6.92 Å². The number of carbonyl (C=O) groups excluding carboxylic acids is 1. The standard InChI is InChI=1S/C11H20N2OS/c1-3-9(2)11(14)10(12)8-13-4-6-15-7-5-13/h3,9-10H,1,4-8,12H2,2H3. The summed E-state index contributed by atoms with van der Waals surface area (Å²) in [5.41, 5.74) is 5.88. The van der Waals surface area contributed by atoms with Gasteiger partial charge < -0.3 is 5.73 Å². The molecule has 0 aromatic heterocycles. The average molecular weight is 228 g/mol. The van der Waals surface area contributed by atoms with Gasteiger partial charge >= 0.3 is 0 Å². The summed E-state index contributed by atoms with van der Waals surface area (Å²) < 4.78 is 0. The number of nitrogens with zero attached hydrogens (tertiary/aromatic N) is 1. The number of nitrogens with two attached hydrogens (primary N) is 1. The van der Waals surface area contributed by atoms with Crippen molar-refractivity contribution < 1.29 is 4.79 Å². The van der Waals surface area contributed by atoms with Crippen LogP contribution >= 0.6 is 11.8 Å². The molecule has 1 heterocycles. The van der Waals surface area contributed by atoms with Crippen molar-refractivity contribution >= 4 is 17.5 Å². The molecule has 2 atom stereocenters. The predicted molar refractivity (Wildman–Crippen MR) is 66.1 cm³/mol. The van der Waals surface area contributed by atoms with E-state index in [0.29, 0.717) is 6.54 Å². The van der Waals surface area contributed by atoms with Crippen molar-refractivity contribution in [1.82, 2.24) is 4.90 Å². The lowest BCUT2D eigenvalue weighted by molar-refractivity contribution is -0.122. The van der Waals surface area contributed by atoms with E-state index in [2.05, 4.69) is 11.5 Å². The normalized spacial score (nSPS) is 22.0. The predicted octanol–water partition coefficient (Wildman–Crippen LogP) is 0.754. The van der Waals surface area contributed by atoms with Crippen LogP contribution in [0.4, 0.5) is 0 Å². The Bertz CT molecular complexity index is 227. The molecular weight excluding hydrogens is 208 g/mol. The van der Waals surface area contributed by atoms with Crippen LogP contribution < -0.4 is 5.73 Å². The first-order chi connectivity index (χ1) is 7.15. The Hall–Kier alpha value is -0.320. The van der Waals surface area contributed by atoms with Crippen molar-refractivity contribution in [1.29, 1.82) is 0 Å². The first kappa shape index (κ1) is 12.7. The highest BCUT2D eigenvalue weighted by Crippen LogP contribution is 2.10. The molecule has 0 aromatic carbocycles. The summed E-state index contributed by atoms with van der Waals surface area (Å²) in [6.45, 7) is 8.26. The van der Waals surface area contributed by atoms with Gasteiger partial charge in [0, 0.05) is 37.1 Å². The van der Waals surface area contributed by atoms with E-state index in [-0.39, 0.29) is 17.7 Å². The van der Waals surface area contributed by atoms with Gasteiger partial charge in [0.05, 0.1) is 6.04 Å². The van der Waals surface area contributed by atoms with Crippen LogP contribution in [-0.2, 0) is 4.79 Å². The molecule has 1 aliphatic heterocycles. The first-order valence-electron chi connectivity index (χ1n) is 5.37. The Kier molecular flexibility index (Phi) is 5.36. The summed E-state index contributed by atoms with van der Waals surface area (Å²) >= 11 is 1.96. The molecule has 3 nitrogen and oxygen atoms in total. The second kappa shape index (κ2) is 6.30. The fourth-order valence-corrected chi connectivity index (χ4v) is 2.58. The van der Waals surface area contributed by atoms with Gasteiger partial charge in [-0.15, -0.1) is 6.58 Å². The van der Waals surface area contributed by atoms with E-state index >= 15 is 0 Å². The molecule has 86 valence electrons. The van der Waals surface area contributed by atoms with E-state index < -0.39 is 0 Å². The summed E-state index contributed by atoms with van der Waals surface area (Å²) in [6.07, 6.45) is 1.66. The smallest absolute Gasteiger partial charge is 0.157 e. The minimum Gasteiger partial charge on any atom is -0.320 e. The number of thioether (sulfide) groups is 1. The minimum absolute atomic E-state index is 0.100. The van der Waals surface area contributed by atoms with Crippen molar-refractivity contribution in [2.75, 3.05) is 31.1 Å². The minimum atomic E-state index is -0.360. The van der Waals surface area contributed by atoms with E-state index in [1.807, 2.05) is 18.7 Å². The summed E-state index contributed by atoms with van der Waals surface area (Å²) in [5.74, 6) is 2.28. The van der Waals surface area contributed by atoms with Crippen molar-refractivity contribution in [3.8, 4) is 0 Å². The Morgan fingerprint density at radius 2 is 2.20 bits per heavy atom. The van der Waals surface area contributed by atoms with Crippen molar-refractivity contribution in [2.24, 2.45) is 11.7 Å². The molecule has 15 heavy (non-hydrogen) atoms. The zero-order valence-electron chi connectivity index (χ0n) is 9.32. The van der Waals surface area contributed by atoms with Gasteiger partial charge in [-0.25, -0.2) is 0 Å². The number of rotatable bonds is 5. The molecule has 0 radical (unpaired) electrons. The molecule has 4 heteroatoms. The molecule has 0 amide bonds.